The van der Waals surface area contributed by atoms with Gasteiger partial charge in [0.2, 0.25) is 0 Å². The van der Waals surface area contributed by atoms with Crippen LogP contribution in [0.1, 0.15) is 37.0 Å². The van der Waals surface area contributed by atoms with Gasteiger partial charge in [-0.1, -0.05) is 13.8 Å². The molecule has 3 rings (SSSR count). The Balaban J connectivity index is 1.55. The van der Waals surface area contributed by atoms with E-state index in [4.69, 9.17) is 4.42 Å². The van der Waals surface area contributed by atoms with E-state index in [1.165, 1.54) is 0 Å². The molecule has 1 N–H and O–H groups in total. The highest BCUT2D eigenvalue weighted by Crippen LogP contribution is 2.18. The Morgan fingerprint density at radius 1 is 1.28 bits per heavy atom. The Labute approximate surface area is 148 Å². The number of piperazine rings is 1. The number of nitrogens with zero attached hydrogens (tertiary/aromatic N) is 4. The lowest BCUT2D eigenvalue weighted by Crippen LogP contribution is -2.52. The van der Waals surface area contributed by atoms with Crippen LogP contribution in [0.5, 0.6) is 0 Å². The molecular formula is C18H25N5O2. The van der Waals surface area contributed by atoms with Crippen molar-refractivity contribution in [2.75, 3.05) is 31.1 Å². The fraction of sp³-hybridized carbons (Fsp3) is 0.500. The number of carbonyl (C=O) groups excluding carboxylic acids is 1. The SMILES string of the molecule is Cc1cc(N2CCN(C(=O)NCc3ccco3)CC2)nc(C(C)C)n1. The van der Waals surface area contributed by atoms with Gasteiger partial charge >= 0.3 is 6.03 Å². The lowest BCUT2D eigenvalue weighted by Gasteiger charge is -2.35. The van der Waals surface area contributed by atoms with Crippen LogP contribution in [0.3, 0.4) is 0 Å². The second-order valence-electron chi connectivity index (χ2n) is 6.59. The highest BCUT2D eigenvalue weighted by atomic mass is 16.3. The predicted octanol–water partition coefficient (Wildman–Crippen LogP) is 2.53. The molecule has 0 spiro atoms. The molecule has 1 fully saturated rings. The first kappa shape index (κ1) is 17.3. The largest absolute Gasteiger partial charge is 0.467 e. The van der Waals surface area contributed by atoms with Gasteiger partial charge in [0.15, 0.2) is 0 Å². The van der Waals surface area contributed by atoms with Crippen molar-refractivity contribution >= 4 is 11.8 Å². The van der Waals surface area contributed by atoms with Crippen molar-refractivity contribution in [2.45, 2.75) is 33.2 Å². The van der Waals surface area contributed by atoms with E-state index in [2.05, 4.69) is 34.0 Å². The first-order valence-electron chi connectivity index (χ1n) is 8.68. The molecule has 0 radical (unpaired) electrons. The number of rotatable bonds is 4. The standard InChI is InChI=1S/C18H25N5O2/c1-13(2)17-20-14(3)11-16(21-17)22-6-8-23(9-7-22)18(24)19-12-15-5-4-10-25-15/h4-5,10-11,13H,6-9,12H2,1-3H3,(H,19,24). The van der Waals surface area contributed by atoms with Gasteiger partial charge in [-0.25, -0.2) is 14.8 Å². The molecule has 1 saturated heterocycles. The van der Waals surface area contributed by atoms with Crippen LogP contribution >= 0.6 is 0 Å². The van der Waals surface area contributed by atoms with Crippen LogP contribution in [0.25, 0.3) is 0 Å². The van der Waals surface area contributed by atoms with Gasteiger partial charge in [0.05, 0.1) is 12.8 Å². The van der Waals surface area contributed by atoms with E-state index in [9.17, 15) is 4.79 Å². The van der Waals surface area contributed by atoms with E-state index in [0.717, 1.165) is 36.2 Å². The molecule has 25 heavy (non-hydrogen) atoms. The molecule has 0 aromatic carbocycles. The molecule has 0 aliphatic carbocycles. The molecule has 7 nitrogen and oxygen atoms in total. The summed E-state index contributed by atoms with van der Waals surface area (Å²) in [6, 6.07) is 5.62. The number of hydrogen-bond donors (Lipinski definition) is 1. The topological polar surface area (TPSA) is 74.5 Å². The Morgan fingerprint density at radius 3 is 2.68 bits per heavy atom. The summed E-state index contributed by atoms with van der Waals surface area (Å²) in [5.74, 6) is 2.87. The molecule has 1 aliphatic heterocycles. The van der Waals surface area contributed by atoms with Crippen LogP contribution in [-0.2, 0) is 6.54 Å². The number of nitrogens with one attached hydrogen (secondary N) is 1. The first-order chi connectivity index (χ1) is 12.0. The maximum atomic E-state index is 12.3. The number of furan rings is 1. The van der Waals surface area contributed by atoms with Crippen molar-refractivity contribution in [1.82, 2.24) is 20.2 Å². The van der Waals surface area contributed by atoms with Crippen LogP contribution in [0, 0.1) is 6.92 Å². The molecule has 0 bridgehead atoms. The minimum absolute atomic E-state index is 0.0576. The molecule has 0 unspecified atom stereocenters. The average molecular weight is 343 g/mol. The number of carbonyl (C=O) groups is 1. The van der Waals surface area contributed by atoms with Crippen molar-refractivity contribution in [3.8, 4) is 0 Å². The molecular weight excluding hydrogens is 318 g/mol. The lowest BCUT2D eigenvalue weighted by atomic mass is 10.2. The highest BCUT2D eigenvalue weighted by molar-refractivity contribution is 5.74. The Kier molecular flexibility index (Phi) is 5.21. The molecule has 2 amide bonds. The number of anilines is 1. The van der Waals surface area contributed by atoms with Crippen LogP contribution in [0.2, 0.25) is 0 Å². The van der Waals surface area contributed by atoms with E-state index in [0.29, 0.717) is 25.6 Å². The molecule has 1 aliphatic rings. The van der Waals surface area contributed by atoms with Gasteiger partial charge in [-0.15, -0.1) is 0 Å². The third-order valence-electron chi connectivity index (χ3n) is 4.26. The van der Waals surface area contributed by atoms with Crippen LogP contribution in [0.15, 0.2) is 28.9 Å². The molecule has 134 valence electrons. The molecule has 3 heterocycles. The summed E-state index contributed by atoms with van der Waals surface area (Å²) < 4.78 is 5.23. The van der Waals surface area contributed by atoms with Gasteiger partial charge in [0, 0.05) is 43.9 Å². The van der Waals surface area contributed by atoms with Crippen LogP contribution in [0.4, 0.5) is 10.6 Å². The highest BCUT2D eigenvalue weighted by Gasteiger charge is 2.22. The second-order valence-corrected chi connectivity index (χ2v) is 6.59. The number of urea groups is 1. The fourth-order valence-corrected chi connectivity index (χ4v) is 2.82. The minimum atomic E-state index is -0.0576. The summed E-state index contributed by atoms with van der Waals surface area (Å²) in [5, 5.41) is 2.89. The van der Waals surface area contributed by atoms with Crippen molar-refractivity contribution in [3.05, 3.63) is 41.7 Å². The number of aromatic nitrogens is 2. The Hall–Kier alpha value is -2.57. The third-order valence-corrected chi connectivity index (χ3v) is 4.26. The minimum Gasteiger partial charge on any atom is -0.467 e. The molecule has 7 heteroatoms. The second kappa shape index (κ2) is 7.55. The Bertz CT molecular complexity index is 706. The third kappa shape index (κ3) is 4.29. The zero-order valence-electron chi connectivity index (χ0n) is 15.0. The molecule has 2 aromatic rings. The summed E-state index contributed by atoms with van der Waals surface area (Å²) in [4.78, 5) is 25.5. The van der Waals surface area contributed by atoms with Crippen LogP contribution in [-0.4, -0.2) is 47.1 Å². The predicted molar refractivity (Wildman–Crippen MR) is 95.6 cm³/mol. The fourth-order valence-electron chi connectivity index (χ4n) is 2.82. The number of aryl methyl sites for hydroxylation is 1. The van der Waals surface area contributed by atoms with Crippen molar-refractivity contribution in [3.63, 3.8) is 0 Å². The van der Waals surface area contributed by atoms with Gasteiger partial charge in [-0.3, -0.25) is 0 Å². The van der Waals surface area contributed by atoms with Gasteiger partial charge in [0.25, 0.3) is 0 Å². The van der Waals surface area contributed by atoms with E-state index in [1.54, 1.807) is 6.26 Å². The summed E-state index contributed by atoms with van der Waals surface area (Å²) >= 11 is 0. The van der Waals surface area contributed by atoms with Crippen LogP contribution < -0.4 is 10.2 Å². The summed E-state index contributed by atoms with van der Waals surface area (Å²) in [7, 11) is 0. The zero-order chi connectivity index (χ0) is 17.8. The Morgan fingerprint density at radius 2 is 2.04 bits per heavy atom. The normalized spacial score (nSPS) is 14.9. The van der Waals surface area contributed by atoms with Crippen molar-refractivity contribution < 1.29 is 9.21 Å². The van der Waals surface area contributed by atoms with Crippen molar-refractivity contribution in [2.24, 2.45) is 0 Å². The maximum Gasteiger partial charge on any atom is 0.317 e. The zero-order valence-corrected chi connectivity index (χ0v) is 15.0. The smallest absolute Gasteiger partial charge is 0.317 e. The van der Waals surface area contributed by atoms with Gasteiger partial charge in [-0.05, 0) is 19.1 Å². The summed E-state index contributed by atoms with van der Waals surface area (Å²) in [5.41, 5.74) is 0.979. The summed E-state index contributed by atoms with van der Waals surface area (Å²) in [6.07, 6.45) is 1.61. The van der Waals surface area contributed by atoms with Crippen molar-refractivity contribution in [1.29, 1.82) is 0 Å². The van der Waals surface area contributed by atoms with Gasteiger partial charge < -0.3 is 19.5 Å². The van der Waals surface area contributed by atoms with Gasteiger partial charge in [0.1, 0.15) is 17.4 Å². The average Bonchev–Trinajstić information content (AvgIpc) is 3.13. The maximum absolute atomic E-state index is 12.3. The molecule has 0 saturated carbocycles. The monoisotopic (exact) mass is 343 g/mol. The van der Waals surface area contributed by atoms with E-state index in [-0.39, 0.29) is 6.03 Å². The quantitative estimate of drug-likeness (QED) is 0.923. The lowest BCUT2D eigenvalue weighted by molar-refractivity contribution is 0.193. The summed E-state index contributed by atoms with van der Waals surface area (Å²) in [6.45, 7) is 9.47. The molecule has 2 aromatic heterocycles. The van der Waals surface area contributed by atoms with E-state index >= 15 is 0 Å². The number of hydrogen-bond acceptors (Lipinski definition) is 5. The first-order valence-corrected chi connectivity index (χ1v) is 8.68. The molecule has 0 atom stereocenters. The van der Waals surface area contributed by atoms with E-state index in [1.807, 2.05) is 30.0 Å². The van der Waals surface area contributed by atoms with Gasteiger partial charge in [-0.2, -0.15) is 0 Å². The van der Waals surface area contributed by atoms with E-state index < -0.39 is 0 Å². The number of amides is 2.